The Morgan fingerprint density at radius 3 is 2.47 bits per heavy atom. The normalized spacial score (nSPS) is 19.9. The number of hydrogen-bond donors (Lipinski definition) is 2. The van der Waals surface area contributed by atoms with Gasteiger partial charge >= 0.3 is 0 Å². The average molecular weight is 442 g/mol. The first-order valence-electron chi connectivity index (χ1n) is 10.0. The maximum absolute atomic E-state index is 12.4. The van der Waals surface area contributed by atoms with Crippen molar-refractivity contribution in [1.82, 2.24) is 9.71 Å². The molecule has 4 rings (SSSR count). The van der Waals surface area contributed by atoms with Crippen molar-refractivity contribution in [3.8, 4) is 0 Å². The number of benzene rings is 2. The van der Waals surface area contributed by atoms with Crippen molar-refractivity contribution >= 4 is 44.3 Å². The van der Waals surface area contributed by atoms with E-state index >= 15 is 0 Å². The Balaban J connectivity index is 1.34. The van der Waals surface area contributed by atoms with Crippen LogP contribution in [0.2, 0.25) is 5.02 Å². The third-order valence-corrected chi connectivity index (χ3v) is 6.75. The van der Waals surface area contributed by atoms with Crippen molar-refractivity contribution in [1.29, 1.82) is 0 Å². The van der Waals surface area contributed by atoms with Gasteiger partial charge in [-0.25, -0.2) is 13.1 Å². The Labute approximate surface area is 182 Å². The highest BCUT2D eigenvalue weighted by molar-refractivity contribution is 7.92. The highest BCUT2D eigenvalue weighted by atomic mass is 35.5. The summed E-state index contributed by atoms with van der Waals surface area (Å²) >= 11 is 6.07. The monoisotopic (exact) mass is 441 g/mol. The first-order valence-corrected chi connectivity index (χ1v) is 12.0. The fraction of sp³-hybridized carbons (Fsp3) is 0.261. The van der Waals surface area contributed by atoms with Gasteiger partial charge in [-0.1, -0.05) is 41.9 Å². The van der Waals surface area contributed by atoms with Crippen LogP contribution < -0.4 is 10.0 Å². The second-order valence-corrected chi connectivity index (χ2v) is 9.62. The number of pyridine rings is 1. The van der Waals surface area contributed by atoms with Crippen molar-refractivity contribution in [2.75, 3.05) is 5.32 Å². The molecular formula is C23H24ClN3O2S. The van der Waals surface area contributed by atoms with E-state index in [0.717, 1.165) is 47.8 Å². The van der Waals surface area contributed by atoms with Crippen molar-refractivity contribution < 1.29 is 8.42 Å². The zero-order valence-electron chi connectivity index (χ0n) is 16.5. The van der Waals surface area contributed by atoms with Crippen LogP contribution in [0.25, 0.3) is 17.0 Å². The highest BCUT2D eigenvalue weighted by Crippen LogP contribution is 2.28. The summed E-state index contributed by atoms with van der Waals surface area (Å²) in [6.07, 6.45) is 6.78. The van der Waals surface area contributed by atoms with E-state index in [4.69, 9.17) is 11.6 Å². The van der Waals surface area contributed by atoms with Gasteiger partial charge in [0.25, 0.3) is 0 Å². The molecule has 1 saturated carbocycles. The lowest BCUT2D eigenvalue weighted by atomic mass is 9.91. The molecule has 1 fully saturated rings. The van der Waals surface area contributed by atoms with Gasteiger partial charge in [0.2, 0.25) is 10.0 Å². The quantitative estimate of drug-likeness (QED) is 0.551. The number of sulfonamides is 1. The van der Waals surface area contributed by atoms with E-state index < -0.39 is 10.0 Å². The Morgan fingerprint density at radius 2 is 1.70 bits per heavy atom. The predicted octanol–water partition coefficient (Wildman–Crippen LogP) is 5.20. The molecule has 0 spiro atoms. The molecule has 3 aromatic rings. The number of hydrogen-bond acceptors (Lipinski definition) is 4. The SMILES string of the molecule is O=S(=O)(/C=C/c1ccccc1)NC1CCC(Nc2ccnc3cc(Cl)ccc23)CC1. The number of nitrogens with one attached hydrogen (secondary N) is 2. The summed E-state index contributed by atoms with van der Waals surface area (Å²) in [5.41, 5.74) is 2.76. The largest absolute Gasteiger partial charge is 0.382 e. The lowest BCUT2D eigenvalue weighted by Crippen LogP contribution is -2.39. The lowest BCUT2D eigenvalue weighted by Gasteiger charge is -2.30. The molecule has 0 saturated heterocycles. The average Bonchev–Trinajstić information content (AvgIpc) is 2.74. The van der Waals surface area contributed by atoms with Crippen LogP contribution in [0.1, 0.15) is 31.2 Å². The van der Waals surface area contributed by atoms with Crippen molar-refractivity contribution in [2.24, 2.45) is 0 Å². The van der Waals surface area contributed by atoms with E-state index in [1.54, 1.807) is 12.3 Å². The van der Waals surface area contributed by atoms with Crippen LogP contribution in [0, 0.1) is 0 Å². The molecule has 0 amide bonds. The number of aromatic nitrogens is 1. The number of halogens is 1. The molecule has 0 aliphatic heterocycles. The maximum atomic E-state index is 12.4. The van der Waals surface area contributed by atoms with Crippen LogP contribution in [0.5, 0.6) is 0 Å². The number of fused-ring (bicyclic) bond motifs is 1. The third-order valence-electron chi connectivity index (χ3n) is 5.36. The van der Waals surface area contributed by atoms with Gasteiger partial charge in [0.1, 0.15) is 0 Å². The van der Waals surface area contributed by atoms with Crippen molar-refractivity contribution in [2.45, 2.75) is 37.8 Å². The molecule has 1 aromatic heterocycles. The Hall–Kier alpha value is -2.41. The summed E-state index contributed by atoms with van der Waals surface area (Å²) in [7, 11) is -3.46. The van der Waals surface area contributed by atoms with Crippen LogP contribution >= 0.6 is 11.6 Å². The summed E-state index contributed by atoms with van der Waals surface area (Å²) in [6, 6.07) is 17.4. The van der Waals surface area contributed by atoms with Crippen LogP contribution in [0.4, 0.5) is 5.69 Å². The maximum Gasteiger partial charge on any atom is 0.233 e. The molecule has 30 heavy (non-hydrogen) atoms. The van der Waals surface area contributed by atoms with E-state index in [0.29, 0.717) is 11.1 Å². The van der Waals surface area contributed by atoms with Crippen LogP contribution in [0.3, 0.4) is 0 Å². The van der Waals surface area contributed by atoms with Gasteiger partial charge in [0, 0.05) is 39.8 Å². The summed E-state index contributed by atoms with van der Waals surface area (Å²) in [5, 5.41) is 6.56. The van der Waals surface area contributed by atoms with Gasteiger partial charge < -0.3 is 5.32 Å². The molecule has 1 aliphatic rings. The van der Waals surface area contributed by atoms with Gasteiger partial charge in [0.05, 0.1) is 5.52 Å². The Morgan fingerprint density at radius 1 is 0.967 bits per heavy atom. The summed E-state index contributed by atoms with van der Waals surface area (Å²) in [5.74, 6) is 0. The van der Waals surface area contributed by atoms with E-state index in [1.807, 2.05) is 54.6 Å². The topological polar surface area (TPSA) is 71.1 Å². The minimum absolute atomic E-state index is 0.0403. The number of anilines is 1. The van der Waals surface area contributed by atoms with Gasteiger partial charge in [0.15, 0.2) is 0 Å². The van der Waals surface area contributed by atoms with Crippen LogP contribution in [-0.4, -0.2) is 25.5 Å². The molecule has 2 N–H and O–H groups in total. The molecule has 0 bridgehead atoms. The lowest BCUT2D eigenvalue weighted by molar-refractivity contribution is 0.388. The molecule has 0 atom stereocenters. The molecule has 1 aliphatic carbocycles. The van der Waals surface area contributed by atoms with E-state index in [2.05, 4.69) is 15.0 Å². The zero-order chi connectivity index (χ0) is 21.0. The van der Waals surface area contributed by atoms with Crippen LogP contribution in [-0.2, 0) is 10.0 Å². The molecule has 2 aromatic carbocycles. The number of rotatable bonds is 6. The van der Waals surface area contributed by atoms with E-state index in [9.17, 15) is 8.42 Å². The second-order valence-electron chi connectivity index (χ2n) is 7.59. The Bertz CT molecular complexity index is 1140. The van der Waals surface area contributed by atoms with E-state index in [-0.39, 0.29) is 6.04 Å². The fourth-order valence-corrected chi connectivity index (χ4v) is 5.11. The molecule has 5 nitrogen and oxygen atoms in total. The van der Waals surface area contributed by atoms with Crippen molar-refractivity contribution in [3.63, 3.8) is 0 Å². The summed E-state index contributed by atoms with van der Waals surface area (Å²) < 4.78 is 27.6. The molecule has 7 heteroatoms. The first kappa shape index (κ1) is 20.8. The highest BCUT2D eigenvalue weighted by Gasteiger charge is 2.24. The molecule has 1 heterocycles. The van der Waals surface area contributed by atoms with Gasteiger partial charge in [-0.3, -0.25) is 4.98 Å². The molecular weight excluding hydrogens is 418 g/mol. The molecule has 0 unspecified atom stereocenters. The fourth-order valence-electron chi connectivity index (χ4n) is 3.83. The Kier molecular flexibility index (Phi) is 6.37. The summed E-state index contributed by atoms with van der Waals surface area (Å²) in [4.78, 5) is 4.38. The molecule has 0 radical (unpaired) electrons. The minimum atomic E-state index is -3.46. The van der Waals surface area contributed by atoms with Gasteiger partial charge in [-0.15, -0.1) is 0 Å². The first-order chi connectivity index (χ1) is 14.5. The molecule has 156 valence electrons. The van der Waals surface area contributed by atoms with E-state index in [1.165, 1.54) is 5.41 Å². The standard InChI is InChI=1S/C23H24ClN3O2S/c24-18-6-11-21-22(12-14-25-23(21)16-18)26-19-7-9-20(10-8-19)27-30(28,29)15-13-17-4-2-1-3-5-17/h1-6,11-16,19-20,27H,7-10H2,(H,25,26)/b15-13+. The third kappa shape index (κ3) is 5.39. The smallest absolute Gasteiger partial charge is 0.233 e. The van der Waals surface area contributed by atoms with Crippen LogP contribution in [0.15, 0.2) is 66.2 Å². The minimum Gasteiger partial charge on any atom is -0.382 e. The predicted molar refractivity (Wildman–Crippen MR) is 124 cm³/mol. The second kappa shape index (κ2) is 9.16. The van der Waals surface area contributed by atoms with Crippen molar-refractivity contribution in [3.05, 3.63) is 76.8 Å². The number of nitrogens with zero attached hydrogens (tertiary/aromatic N) is 1. The van der Waals surface area contributed by atoms with Gasteiger partial charge in [-0.05, 0) is 61.6 Å². The zero-order valence-corrected chi connectivity index (χ0v) is 18.0. The van der Waals surface area contributed by atoms with Gasteiger partial charge in [-0.2, -0.15) is 0 Å². The summed E-state index contributed by atoms with van der Waals surface area (Å²) in [6.45, 7) is 0.